The van der Waals surface area contributed by atoms with Crippen LogP contribution in [-0.2, 0) is 4.74 Å². The summed E-state index contributed by atoms with van der Waals surface area (Å²) < 4.78 is 11.2. The van der Waals surface area contributed by atoms with Crippen LogP contribution in [0.3, 0.4) is 0 Å². The third-order valence-electron chi connectivity index (χ3n) is 2.95. The van der Waals surface area contributed by atoms with Gasteiger partial charge in [-0.25, -0.2) is 0 Å². The van der Waals surface area contributed by atoms with E-state index >= 15 is 0 Å². The Morgan fingerprint density at radius 1 is 1.44 bits per heavy atom. The molecule has 1 aromatic carbocycles. The summed E-state index contributed by atoms with van der Waals surface area (Å²) in [5.41, 5.74) is 2.29. The molecular formula is C13H19NO2. The molecule has 3 nitrogen and oxygen atoms in total. The SMILES string of the molecule is CCOC1CC(C)Nc2c(OC)cccc21. The fourth-order valence-corrected chi connectivity index (χ4v) is 2.25. The smallest absolute Gasteiger partial charge is 0.142 e. The molecular weight excluding hydrogens is 202 g/mol. The van der Waals surface area contributed by atoms with Gasteiger partial charge in [0.05, 0.1) is 18.9 Å². The van der Waals surface area contributed by atoms with Crippen LogP contribution in [0.25, 0.3) is 0 Å². The second-order valence-electron chi connectivity index (χ2n) is 4.15. The van der Waals surface area contributed by atoms with E-state index in [0.29, 0.717) is 6.04 Å². The van der Waals surface area contributed by atoms with E-state index in [-0.39, 0.29) is 6.10 Å². The minimum atomic E-state index is 0.186. The molecule has 1 aromatic rings. The van der Waals surface area contributed by atoms with Crippen molar-refractivity contribution >= 4 is 5.69 Å². The quantitative estimate of drug-likeness (QED) is 0.851. The van der Waals surface area contributed by atoms with Gasteiger partial charge in [0.25, 0.3) is 0 Å². The summed E-state index contributed by atoms with van der Waals surface area (Å²) in [4.78, 5) is 0. The molecule has 3 heteroatoms. The fraction of sp³-hybridized carbons (Fsp3) is 0.538. The predicted molar refractivity (Wildman–Crippen MR) is 65.1 cm³/mol. The van der Waals surface area contributed by atoms with Gasteiger partial charge in [0, 0.05) is 18.2 Å². The number of anilines is 1. The van der Waals surface area contributed by atoms with Crippen LogP contribution >= 0.6 is 0 Å². The summed E-state index contributed by atoms with van der Waals surface area (Å²) >= 11 is 0. The maximum absolute atomic E-state index is 5.78. The van der Waals surface area contributed by atoms with Crippen LogP contribution in [0.5, 0.6) is 5.75 Å². The number of methoxy groups -OCH3 is 1. The Morgan fingerprint density at radius 3 is 2.94 bits per heavy atom. The van der Waals surface area contributed by atoms with Crippen molar-refractivity contribution in [1.82, 2.24) is 0 Å². The number of para-hydroxylation sites is 1. The molecule has 16 heavy (non-hydrogen) atoms. The summed E-state index contributed by atoms with van der Waals surface area (Å²) in [7, 11) is 1.70. The molecule has 1 heterocycles. The van der Waals surface area contributed by atoms with E-state index in [0.717, 1.165) is 24.5 Å². The van der Waals surface area contributed by atoms with Crippen molar-refractivity contribution in [2.24, 2.45) is 0 Å². The lowest BCUT2D eigenvalue weighted by Gasteiger charge is -2.32. The van der Waals surface area contributed by atoms with Crippen LogP contribution < -0.4 is 10.1 Å². The number of ether oxygens (including phenoxy) is 2. The highest BCUT2D eigenvalue weighted by atomic mass is 16.5. The minimum Gasteiger partial charge on any atom is -0.495 e. The first-order chi connectivity index (χ1) is 7.76. The van der Waals surface area contributed by atoms with E-state index in [2.05, 4.69) is 18.3 Å². The summed E-state index contributed by atoms with van der Waals surface area (Å²) in [6.45, 7) is 4.95. The van der Waals surface area contributed by atoms with E-state index < -0.39 is 0 Å². The maximum Gasteiger partial charge on any atom is 0.142 e. The summed E-state index contributed by atoms with van der Waals surface area (Å²) in [6.07, 6.45) is 1.19. The van der Waals surface area contributed by atoms with Gasteiger partial charge in [-0.15, -0.1) is 0 Å². The summed E-state index contributed by atoms with van der Waals surface area (Å²) in [5.74, 6) is 0.897. The number of hydrogen-bond donors (Lipinski definition) is 1. The van der Waals surface area contributed by atoms with Gasteiger partial charge >= 0.3 is 0 Å². The van der Waals surface area contributed by atoms with Gasteiger partial charge in [-0.1, -0.05) is 12.1 Å². The van der Waals surface area contributed by atoms with Gasteiger partial charge < -0.3 is 14.8 Å². The zero-order valence-corrected chi connectivity index (χ0v) is 10.1. The number of rotatable bonds is 3. The molecule has 0 aliphatic carbocycles. The van der Waals surface area contributed by atoms with Crippen molar-refractivity contribution in [3.05, 3.63) is 23.8 Å². The Labute approximate surface area is 96.8 Å². The molecule has 0 spiro atoms. The first-order valence-corrected chi connectivity index (χ1v) is 5.81. The molecule has 2 atom stereocenters. The highest BCUT2D eigenvalue weighted by Gasteiger charge is 2.26. The predicted octanol–water partition coefficient (Wildman–Crippen LogP) is 2.98. The first-order valence-electron chi connectivity index (χ1n) is 5.81. The standard InChI is InChI=1S/C13H19NO2/c1-4-16-12-8-9(2)14-13-10(12)6-5-7-11(13)15-3/h5-7,9,12,14H,4,8H2,1-3H3. The third kappa shape index (κ3) is 2.00. The minimum absolute atomic E-state index is 0.186. The van der Waals surface area contributed by atoms with Crippen LogP contribution in [0.2, 0.25) is 0 Å². The van der Waals surface area contributed by atoms with Crippen LogP contribution in [0.4, 0.5) is 5.69 Å². The molecule has 1 N–H and O–H groups in total. The monoisotopic (exact) mass is 221 g/mol. The van der Waals surface area contributed by atoms with E-state index in [1.54, 1.807) is 7.11 Å². The average molecular weight is 221 g/mol. The zero-order valence-electron chi connectivity index (χ0n) is 10.1. The molecule has 2 rings (SSSR count). The lowest BCUT2D eigenvalue weighted by Crippen LogP contribution is -2.27. The molecule has 0 saturated heterocycles. The van der Waals surface area contributed by atoms with Crippen molar-refractivity contribution < 1.29 is 9.47 Å². The van der Waals surface area contributed by atoms with E-state index in [1.807, 2.05) is 19.1 Å². The Kier molecular flexibility index (Phi) is 3.34. The second kappa shape index (κ2) is 4.74. The van der Waals surface area contributed by atoms with Crippen LogP contribution in [0, 0.1) is 0 Å². The molecule has 1 aliphatic rings. The van der Waals surface area contributed by atoms with Crippen molar-refractivity contribution in [3.63, 3.8) is 0 Å². The van der Waals surface area contributed by atoms with E-state index in [4.69, 9.17) is 9.47 Å². The Balaban J connectivity index is 2.38. The normalized spacial score (nSPS) is 23.4. The molecule has 88 valence electrons. The Bertz CT molecular complexity index is 365. The van der Waals surface area contributed by atoms with Gasteiger partial charge in [0.15, 0.2) is 0 Å². The molecule has 0 amide bonds. The zero-order chi connectivity index (χ0) is 11.5. The highest BCUT2D eigenvalue weighted by Crippen LogP contribution is 2.40. The summed E-state index contributed by atoms with van der Waals surface area (Å²) in [6, 6.07) is 6.52. The molecule has 0 fully saturated rings. The number of nitrogens with one attached hydrogen (secondary N) is 1. The molecule has 0 aromatic heterocycles. The molecule has 2 unspecified atom stereocenters. The van der Waals surface area contributed by atoms with E-state index in [1.165, 1.54) is 5.56 Å². The largest absolute Gasteiger partial charge is 0.495 e. The maximum atomic E-state index is 5.78. The fourth-order valence-electron chi connectivity index (χ4n) is 2.25. The van der Waals surface area contributed by atoms with Crippen LogP contribution in [0.1, 0.15) is 31.9 Å². The number of fused-ring (bicyclic) bond motifs is 1. The van der Waals surface area contributed by atoms with Gasteiger partial charge in [-0.3, -0.25) is 0 Å². The lowest BCUT2D eigenvalue weighted by atomic mass is 9.95. The van der Waals surface area contributed by atoms with Crippen molar-refractivity contribution in [2.45, 2.75) is 32.4 Å². The summed E-state index contributed by atoms with van der Waals surface area (Å²) in [5, 5.41) is 3.46. The Hall–Kier alpha value is -1.22. The molecule has 0 radical (unpaired) electrons. The molecule has 1 aliphatic heterocycles. The number of benzene rings is 1. The van der Waals surface area contributed by atoms with Crippen molar-refractivity contribution in [2.75, 3.05) is 19.0 Å². The van der Waals surface area contributed by atoms with Crippen LogP contribution in [-0.4, -0.2) is 19.8 Å². The van der Waals surface area contributed by atoms with Gasteiger partial charge in [-0.2, -0.15) is 0 Å². The highest BCUT2D eigenvalue weighted by molar-refractivity contribution is 5.64. The number of hydrogen-bond acceptors (Lipinski definition) is 3. The van der Waals surface area contributed by atoms with E-state index in [9.17, 15) is 0 Å². The van der Waals surface area contributed by atoms with Crippen LogP contribution in [0.15, 0.2) is 18.2 Å². The molecule has 0 bridgehead atoms. The van der Waals surface area contributed by atoms with Gasteiger partial charge in [0.2, 0.25) is 0 Å². The lowest BCUT2D eigenvalue weighted by molar-refractivity contribution is 0.0510. The van der Waals surface area contributed by atoms with Crippen molar-refractivity contribution in [1.29, 1.82) is 0 Å². The second-order valence-corrected chi connectivity index (χ2v) is 4.15. The topological polar surface area (TPSA) is 30.5 Å². The molecule has 0 saturated carbocycles. The third-order valence-corrected chi connectivity index (χ3v) is 2.95. The first kappa shape index (κ1) is 11.3. The van der Waals surface area contributed by atoms with Crippen molar-refractivity contribution in [3.8, 4) is 5.75 Å². The van der Waals surface area contributed by atoms with Gasteiger partial charge in [-0.05, 0) is 26.3 Å². The van der Waals surface area contributed by atoms with Gasteiger partial charge in [0.1, 0.15) is 5.75 Å². The Morgan fingerprint density at radius 2 is 2.25 bits per heavy atom. The average Bonchev–Trinajstić information content (AvgIpc) is 2.28.